The highest BCUT2D eigenvalue weighted by Crippen LogP contribution is 2.26. The molecule has 2 aromatic heterocycles. The summed E-state index contributed by atoms with van der Waals surface area (Å²) in [5.41, 5.74) is 6.28. The van der Waals surface area contributed by atoms with Crippen molar-refractivity contribution >= 4 is 11.0 Å². The summed E-state index contributed by atoms with van der Waals surface area (Å²) in [4.78, 5) is 12.6. The van der Waals surface area contributed by atoms with Gasteiger partial charge in [-0.25, -0.2) is 9.48 Å². The predicted octanol–water partition coefficient (Wildman–Crippen LogP) is 4.00. The Morgan fingerprint density at radius 2 is 1.69 bits per heavy atom. The third-order valence-corrected chi connectivity index (χ3v) is 4.84. The summed E-state index contributed by atoms with van der Waals surface area (Å²) in [5, 5.41) is 4.51. The second-order valence-electron chi connectivity index (χ2n) is 6.44. The Labute approximate surface area is 152 Å². The Morgan fingerprint density at radius 1 is 0.923 bits per heavy atom. The van der Waals surface area contributed by atoms with E-state index in [1.54, 1.807) is 0 Å². The van der Waals surface area contributed by atoms with Crippen molar-refractivity contribution in [1.82, 2.24) is 18.9 Å². The van der Waals surface area contributed by atoms with E-state index in [0.717, 1.165) is 28.0 Å². The lowest BCUT2D eigenvalue weighted by atomic mass is 10.1. The van der Waals surface area contributed by atoms with E-state index in [1.165, 1.54) is 5.56 Å². The molecule has 0 spiro atoms. The number of benzene rings is 2. The second kappa shape index (κ2) is 6.33. The molecule has 2 aromatic carbocycles. The molecule has 0 bridgehead atoms. The average molecular weight is 346 g/mol. The molecule has 0 N–H and O–H groups in total. The van der Waals surface area contributed by atoms with E-state index >= 15 is 0 Å². The molecule has 5 heteroatoms. The molecular formula is C21H22N4O. The quantitative estimate of drug-likeness (QED) is 0.560. The van der Waals surface area contributed by atoms with Gasteiger partial charge in [0.25, 0.3) is 0 Å². The molecule has 132 valence electrons. The predicted molar refractivity (Wildman–Crippen MR) is 105 cm³/mol. The number of imidazole rings is 1. The van der Waals surface area contributed by atoms with Crippen molar-refractivity contribution in [3.05, 3.63) is 70.8 Å². The first-order valence-corrected chi connectivity index (χ1v) is 8.98. The van der Waals surface area contributed by atoms with Crippen LogP contribution in [0.1, 0.15) is 19.4 Å². The van der Waals surface area contributed by atoms with Crippen LogP contribution >= 0.6 is 0 Å². The molecule has 4 rings (SSSR count). The molecular weight excluding hydrogens is 324 g/mol. The van der Waals surface area contributed by atoms with Gasteiger partial charge in [-0.2, -0.15) is 5.10 Å². The van der Waals surface area contributed by atoms with E-state index in [-0.39, 0.29) is 5.69 Å². The maximum Gasteiger partial charge on any atom is 0.329 e. The number of nitrogens with zero attached hydrogens (tertiary/aromatic N) is 4. The van der Waals surface area contributed by atoms with Crippen LogP contribution in [0, 0.1) is 6.92 Å². The van der Waals surface area contributed by atoms with Crippen LogP contribution in [0.3, 0.4) is 0 Å². The van der Waals surface area contributed by atoms with Gasteiger partial charge in [-0.05, 0) is 56.7 Å². The first-order chi connectivity index (χ1) is 12.6. The lowest BCUT2D eigenvalue weighted by Gasteiger charge is -2.09. The van der Waals surface area contributed by atoms with Gasteiger partial charge in [-0.15, -0.1) is 0 Å². The molecule has 26 heavy (non-hydrogen) atoms. The molecule has 4 aromatic rings. The van der Waals surface area contributed by atoms with Crippen molar-refractivity contribution in [2.75, 3.05) is 0 Å². The van der Waals surface area contributed by atoms with Crippen LogP contribution in [-0.4, -0.2) is 18.9 Å². The molecule has 0 unspecified atom stereocenters. The van der Waals surface area contributed by atoms with Crippen molar-refractivity contribution in [3.8, 4) is 16.9 Å². The lowest BCUT2D eigenvalue weighted by molar-refractivity contribution is 0.671. The number of aryl methyl sites for hydroxylation is 3. The van der Waals surface area contributed by atoms with Crippen LogP contribution in [-0.2, 0) is 13.1 Å². The van der Waals surface area contributed by atoms with Gasteiger partial charge in [0.2, 0.25) is 0 Å². The van der Waals surface area contributed by atoms with Crippen molar-refractivity contribution in [3.63, 3.8) is 0 Å². The number of hydrogen-bond donors (Lipinski definition) is 0. The van der Waals surface area contributed by atoms with Gasteiger partial charge in [0.05, 0.1) is 28.6 Å². The summed E-state index contributed by atoms with van der Waals surface area (Å²) < 4.78 is 5.59. The largest absolute Gasteiger partial charge is 0.329 e. The van der Waals surface area contributed by atoms with Gasteiger partial charge < -0.3 is 0 Å². The molecule has 0 saturated heterocycles. The Morgan fingerprint density at radius 3 is 2.42 bits per heavy atom. The summed E-state index contributed by atoms with van der Waals surface area (Å²) in [7, 11) is 0. The van der Waals surface area contributed by atoms with Crippen LogP contribution < -0.4 is 5.69 Å². The first-order valence-electron chi connectivity index (χ1n) is 8.98. The zero-order valence-corrected chi connectivity index (χ0v) is 15.3. The Bertz CT molecular complexity index is 1150. The Balaban J connectivity index is 1.92. The molecule has 0 aliphatic heterocycles. The fraction of sp³-hybridized carbons (Fsp3) is 0.238. The van der Waals surface area contributed by atoms with E-state index < -0.39 is 0 Å². The monoisotopic (exact) mass is 346 g/mol. The third-order valence-electron chi connectivity index (χ3n) is 4.84. The van der Waals surface area contributed by atoms with Crippen molar-refractivity contribution < 1.29 is 0 Å². The standard InChI is InChI=1S/C21H22N4O/c1-4-23-19-10-9-16(14-20(19)24(5-2)21(23)26)18-11-12-22-25(18)17-8-6-7-15(3)13-17/h6-14H,4-5H2,1-3H3. The SMILES string of the molecule is CCn1c(=O)n(CC)c2cc(-c3ccnn3-c3cccc(C)c3)ccc21. The molecule has 0 atom stereocenters. The fourth-order valence-corrected chi connectivity index (χ4v) is 3.58. The number of rotatable bonds is 4. The Hall–Kier alpha value is -3.08. The minimum atomic E-state index is 0.0503. The highest BCUT2D eigenvalue weighted by Gasteiger charge is 2.14. The first kappa shape index (κ1) is 16.4. The smallest absolute Gasteiger partial charge is 0.292 e. The topological polar surface area (TPSA) is 44.8 Å². The van der Waals surface area contributed by atoms with Gasteiger partial charge >= 0.3 is 5.69 Å². The van der Waals surface area contributed by atoms with E-state index in [9.17, 15) is 4.79 Å². The van der Waals surface area contributed by atoms with E-state index in [2.05, 4.69) is 42.4 Å². The van der Waals surface area contributed by atoms with Crippen molar-refractivity contribution in [2.24, 2.45) is 0 Å². The van der Waals surface area contributed by atoms with Crippen LogP contribution in [0.15, 0.2) is 59.5 Å². The van der Waals surface area contributed by atoms with Crippen LogP contribution in [0.4, 0.5) is 0 Å². The number of hydrogen-bond acceptors (Lipinski definition) is 2. The molecule has 0 aliphatic carbocycles. The van der Waals surface area contributed by atoms with Gasteiger partial charge in [-0.3, -0.25) is 9.13 Å². The average Bonchev–Trinajstić information content (AvgIpc) is 3.23. The number of fused-ring (bicyclic) bond motifs is 1. The lowest BCUT2D eigenvalue weighted by Crippen LogP contribution is -2.23. The molecule has 2 heterocycles. The molecule has 0 fully saturated rings. The normalized spacial score (nSPS) is 11.3. The van der Waals surface area contributed by atoms with Crippen LogP contribution in [0.25, 0.3) is 28.0 Å². The zero-order valence-electron chi connectivity index (χ0n) is 15.3. The Kier molecular flexibility index (Phi) is 3.99. The van der Waals surface area contributed by atoms with Crippen LogP contribution in [0.5, 0.6) is 0 Å². The summed E-state index contributed by atoms with van der Waals surface area (Å²) in [6.45, 7) is 7.41. The van der Waals surface area contributed by atoms with Gasteiger partial charge in [0, 0.05) is 18.7 Å². The van der Waals surface area contributed by atoms with E-state index in [0.29, 0.717) is 13.1 Å². The summed E-state index contributed by atoms with van der Waals surface area (Å²) >= 11 is 0. The van der Waals surface area contributed by atoms with E-state index in [1.807, 2.05) is 52.1 Å². The maximum absolute atomic E-state index is 12.6. The minimum Gasteiger partial charge on any atom is -0.292 e. The van der Waals surface area contributed by atoms with Crippen molar-refractivity contribution in [2.45, 2.75) is 33.9 Å². The summed E-state index contributed by atoms with van der Waals surface area (Å²) in [6.07, 6.45) is 1.81. The molecule has 0 aliphatic rings. The van der Waals surface area contributed by atoms with E-state index in [4.69, 9.17) is 0 Å². The van der Waals surface area contributed by atoms with Crippen molar-refractivity contribution in [1.29, 1.82) is 0 Å². The minimum absolute atomic E-state index is 0.0503. The van der Waals surface area contributed by atoms with Gasteiger partial charge in [0.15, 0.2) is 0 Å². The molecule has 0 amide bonds. The summed E-state index contributed by atoms with van der Waals surface area (Å²) in [6, 6.07) is 16.5. The molecule has 0 radical (unpaired) electrons. The van der Waals surface area contributed by atoms with Crippen LogP contribution in [0.2, 0.25) is 0 Å². The molecule has 5 nitrogen and oxygen atoms in total. The fourth-order valence-electron chi connectivity index (χ4n) is 3.58. The van der Waals surface area contributed by atoms with Gasteiger partial charge in [-0.1, -0.05) is 18.2 Å². The molecule has 0 saturated carbocycles. The second-order valence-corrected chi connectivity index (χ2v) is 6.44. The number of aromatic nitrogens is 4. The maximum atomic E-state index is 12.6. The highest BCUT2D eigenvalue weighted by atomic mass is 16.1. The zero-order chi connectivity index (χ0) is 18.3. The highest BCUT2D eigenvalue weighted by molar-refractivity contribution is 5.82. The summed E-state index contributed by atoms with van der Waals surface area (Å²) in [5.74, 6) is 0. The van der Waals surface area contributed by atoms with Gasteiger partial charge in [0.1, 0.15) is 0 Å². The third kappa shape index (κ3) is 2.47.